The highest BCUT2D eigenvalue weighted by molar-refractivity contribution is 7.17. The number of anilines is 1. The summed E-state index contributed by atoms with van der Waals surface area (Å²) in [7, 11) is 1.64. The van der Waals surface area contributed by atoms with Gasteiger partial charge >= 0.3 is 0 Å². The van der Waals surface area contributed by atoms with E-state index in [9.17, 15) is 4.79 Å². The normalized spacial score (nSPS) is 13.0. The molecule has 6 heteroatoms. The van der Waals surface area contributed by atoms with Crippen LogP contribution in [0.15, 0.2) is 48.9 Å². The maximum atomic E-state index is 12.8. The van der Waals surface area contributed by atoms with Crippen LogP contribution in [0.5, 0.6) is 5.75 Å². The van der Waals surface area contributed by atoms with Crippen molar-refractivity contribution in [2.45, 2.75) is 6.42 Å². The van der Waals surface area contributed by atoms with Crippen molar-refractivity contribution in [3.8, 4) is 16.3 Å². The fourth-order valence-electron chi connectivity index (χ4n) is 2.81. The van der Waals surface area contributed by atoms with Crippen LogP contribution in [0, 0.1) is 0 Å². The Morgan fingerprint density at radius 3 is 2.83 bits per heavy atom. The van der Waals surface area contributed by atoms with E-state index >= 15 is 0 Å². The number of rotatable bonds is 3. The number of pyridine rings is 1. The van der Waals surface area contributed by atoms with Crippen LogP contribution in [-0.2, 0) is 6.42 Å². The molecule has 2 aromatic heterocycles. The van der Waals surface area contributed by atoms with Crippen LogP contribution in [-0.4, -0.2) is 29.5 Å². The number of thiazole rings is 1. The molecule has 0 atom stereocenters. The molecule has 1 aliphatic rings. The molecule has 0 saturated carbocycles. The first-order valence-electron chi connectivity index (χ1n) is 7.61. The van der Waals surface area contributed by atoms with E-state index in [0.717, 1.165) is 34.0 Å². The van der Waals surface area contributed by atoms with Gasteiger partial charge < -0.3 is 9.64 Å². The molecular formula is C18H15N3O2S. The van der Waals surface area contributed by atoms with E-state index in [1.54, 1.807) is 19.5 Å². The van der Waals surface area contributed by atoms with Crippen molar-refractivity contribution >= 4 is 22.9 Å². The molecule has 0 N–H and O–H groups in total. The second-order valence-corrected chi connectivity index (χ2v) is 6.50. The number of hydrogen-bond acceptors (Lipinski definition) is 5. The Labute approximate surface area is 143 Å². The Kier molecular flexibility index (Phi) is 3.74. The van der Waals surface area contributed by atoms with Gasteiger partial charge in [0, 0.05) is 24.5 Å². The zero-order valence-electron chi connectivity index (χ0n) is 13.1. The van der Waals surface area contributed by atoms with Crippen LogP contribution in [0.3, 0.4) is 0 Å². The SMILES string of the molecule is COc1ccc(-c2ncc(C(=O)N3CCc4cnccc43)s2)cc1. The maximum absolute atomic E-state index is 12.8. The van der Waals surface area contributed by atoms with E-state index in [0.29, 0.717) is 11.4 Å². The number of nitrogens with zero attached hydrogens (tertiary/aromatic N) is 3. The van der Waals surface area contributed by atoms with Crippen LogP contribution in [0.25, 0.3) is 10.6 Å². The lowest BCUT2D eigenvalue weighted by molar-refractivity contribution is 0.0993. The lowest BCUT2D eigenvalue weighted by atomic mass is 10.2. The van der Waals surface area contributed by atoms with Gasteiger partial charge in [-0.15, -0.1) is 11.3 Å². The number of fused-ring (bicyclic) bond motifs is 1. The Morgan fingerprint density at radius 1 is 1.21 bits per heavy atom. The molecule has 5 nitrogen and oxygen atoms in total. The molecular weight excluding hydrogens is 322 g/mol. The molecule has 1 amide bonds. The molecule has 3 heterocycles. The van der Waals surface area contributed by atoms with Gasteiger partial charge in [-0.3, -0.25) is 9.78 Å². The van der Waals surface area contributed by atoms with E-state index in [-0.39, 0.29) is 5.91 Å². The van der Waals surface area contributed by atoms with Gasteiger partial charge in [-0.2, -0.15) is 0 Å². The summed E-state index contributed by atoms with van der Waals surface area (Å²) >= 11 is 1.41. The van der Waals surface area contributed by atoms with E-state index in [1.165, 1.54) is 11.3 Å². The fraction of sp³-hybridized carbons (Fsp3) is 0.167. The van der Waals surface area contributed by atoms with Crippen LogP contribution >= 0.6 is 11.3 Å². The molecule has 0 fully saturated rings. The number of methoxy groups -OCH3 is 1. The van der Waals surface area contributed by atoms with Gasteiger partial charge in [0.2, 0.25) is 0 Å². The second-order valence-electron chi connectivity index (χ2n) is 5.47. The lowest BCUT2D eigenvalue weighted by Gasteiger charge is -2.15. The molecule has 3 aromatic rings. The third kappa shape index (κ3) is 2.55. The van der Waals surface area contributed by atoms with Crippen molar-refractivity contribution < 1.29 is 9.53 Å². The van der Waals surface area contributed by atoms with Crippen LogP contribution in [0.1, 0.15) is 15.2 Å². The van der Waals surface area contributed by atoms with Crippen molar-refractivity contribution in [3.05, 3.63) is 59.4 Å². The molecule has 0 aliphatic carbocycles. The molecule has 1 aliphatic heterocycles. The van der Waals surface area contributed by atoms with Gasteiger partial charge in [0.1, 0.15) is 15.6 Å². The van der Waals surface area contributed by atoms with Crippen LogP contribution in [0.4, 0.5) is 5.69 Å². The summed E-state index contributed by atoms with van der Waals surface area (Å²) in [5.41, 5.74) is 3.05. The summed E-state index contributed by atoms with van der Waals surface area (Å²) in [6, 6.07) is 9.57. The Hall–Kier alpha value is -2.73. The highest BCUT2D eigenvalue weighted by Gasteiger charge is 2.26. The molecule has 0 radical (unpaired) electrons. The minimum absolute atomic E-state index is 0.00258. The first-order chi connectivity index (χ1) is 11.8. The highest BCUT2D eigenvalue weighted by atomic mass is 32.1. The first kappa shape index (κ1) is 14.8. The predicted octanol–water partition coefficient (Wildman–Crippen LogP) is 3.42. The monoisotopic (exact) mass is 337 g/mol. The van der Waals surface area contributed by atoms with Crippen LogP contribution < -0.4 is 9.64 Å². The minimum Gasteiger partial charge on any atom is -0.497 e. The summed E-state index contributed by atoms with van der Waals surface area (Å²) in [5.74, 6) is 0.797. The third-order valence-electron chi connectivity index (χ3n) is 4.07. The number of aromatic nitrogens is 2. The number of carbonyl (C=O) groups excluding carboxylic acids is 1. The molecule has 0 unspecified atom stereocenters. The first-order valence-corrected chi connectivity index (χ1v) is 8.43. The summed E-state index contributed by atoms with van der Waals surface area (Å²) < 4.78 is 5.17. The van der Waals surface area contributed by atoms with Crippen molar-refractivity contribution in [2.75, 3.05) is 18.6 Å². The molecule has 1 aromatic carbocycles. The second kappa shape index (κ2) is 6.05. The standard InChI is InChI=1S/C18H15N3O2S/c1-23-14-4-2-12(3-5-14)17-20-11-16(24-17)18(22)21-9-7-13-10-19-8-6-15(13)21/h2-6,8,10-11H,7,9H2,1H3. The van der Waals surface area contributed by atoms with Gasteiger partial charge in [-0.25, -0.2) is 4.98 Å². The average Bonchev–Trinajstić information content (AvgIpc) is 3.28. The topological polar surface area (TPSA) is 55.3 Å². The number of amides is 1. The van der Waals surface area contributed by atoms with Crippen molar-refractivity contribution in [1.29, 1.82) is 0 Å². The predicted molar refractivity (Wildman–Crippen MR) is 93.7 cm³/mol. The summed E-state index contributed by atoms with van der Waals surface area (Å²) in [5, 5.41) is 0.829. The van der Waals surface area contributed by atoms with E-state index in [2.05, 4.69) is 9.97 Å². The fourth-order valence-corrected chi connectivity index (χ4v) is 3.68. The van der Waals surface area contributed by atoms with E-state index in [4.69, 9.17) is 4.74 Å². The molecule has 0 saturated heterocycles. The smallest absolute Gasteiger partial charge is 0.270 e. The van der Waals surface area contributed by atoms with Crippen molar-refractivity contribution in [1.82, 2.24) is 9.97 Å². The molecule has 4 rings (SSSR count). The summed E-state index contributed by atoms with van der Waals surface area (Å²) in [6.45, 7) is 0.690. The maximum Gasteiger partial charge on any atom is 0.270 e. The Balaban J connectivity index is 1.59. The molecule has 24 heavy (non-hydrogen) atoms. The largest absolute Gasteiger partial charge is 0.497 e. The third-order valence-corrected chi connectivity index (χ3v) is 5.11. The van der Waals surface area contributed by atoms with Crippen LogP contribution in [0.2, 0.25) is 0 Å². The Bertz CT molecular complexity index is 889. The van der Waals surface area contributed by atoms with Gasteiger partial charge in [-0.1, -0.05) is 0 Å². The summed E-state index contributed by atoms with van der Waals surface area (Å²) in [4.78, 5) is 23.8. The average molecular weight is 337 g/mol. The molecule has 0 spiro atoms. The lowest BCUT2D eigenvalue weighted by Crippen LogP contribution is -2.28. The van der Waals surface area contributed by atoms with Gasteiger partial charge in [0.05, 0.1) is 19.0 Å². The van der Waals surface area contributed by atoms with Crippen molar-refractivity contribution in [3.63, 3.8) is 0 Å². The zero-order chi connectivity index (χ0) is 16.5. The van der Waals surface area contributed by atoms with E-state index in [1.807, 2.05) is 41.4 Å². The zero-order valence-corrected chi connectivity index (χ0v) is 13.9. The number of carbonyl (C=O) groups is 1. The quantitative estimate of drug-likeness (QED) is 0.735. The number of ether oxygens (including phenoxy) is 1. The highest BCUT2D eigenvalue weighted by Crippen LogP contribution is 2.31. The number of hydrogen-bond donors (Lipinski definition) is 0. The molecule has 120 valence electrons. The van der Waals surface area contributed by atoms with Gasteiger partial charge in [0.15, 0.2) is 0 Å². The van der Waals surface area contributed by atoms with Gasteiger partial charge in [-0.05, 0) is 42.3 Å². The van der Waals surface area contributed by atoms with Gasteiger partial charge in [0.25, 0.3) is 5.91 Å². The minimum atomic E-state index is -0.00258. The summed E-state index contributed by atoms with van der Waals surface area (Å²) in [6.07, 6.45) is 6.06. The molecule has 0 bridgehead atoms. The van der Waals surface area contributed by atoms with Crippen molar-refractivity contribution in [2.24, 2.45) is 0 Å². The number of benzene rings is 1. The van der Waals surface area contributed by atoms with E-state index < -0.39 is 0 Å². The Morgan fingerprint density at radius 2 is 2.04 bits per heavy atom.